The number of hydrogen-bond acceptors (Lipinski definition) is 5. The largest absolute Gasteiger partial charge is 0.368 e. The predicted molar refractivity (Wildman–Crippen MR) is 79.4 cm³/mol. The highest BCUT2D eigenvalue weighted by atomic mass is 15.2. The zero-order chi connectivity index (χ0) is 13.6. The Balaban J connectivity index is 1.53. The van der Waals surface area contributed by atoms with Crippen LogP contribution in [0.15, 0.2) is 36.8 Å². The average Bonchev–Trinajstić information content (AvgIpc) is 3.02. The van der Waals surface area contributed by atoms with Gasteiger partial charge in [0, 0.05) is 19.3 Å². The number of nitrogens with one attached hydrogen (secondary N) is 1. The van der Waals surface area contributed by atoms with Crippen LogP contribution in [-0.2, 0) is 0 Å². The van der Waals surface area contributed by atoms with Gasteiger partial charge >= 0.3 is 0 Å². The molecule has 104 valence electrons. The highest BCUT2D eigenvalue weighted by Gasteiger charge is 2.10. The summed E-state index contributed by atoms with van der Waals surface area (Å²) in [5.74, 6) is 0.823. The van der Waals surface area contributed by atoms with Crippen LogP contribution < -0.4 is 5.32 Å². The number of nitrogens with zero attached hydrogens (tertiary/aromatic N) is 4. The maximum absolute atomic E-state index is 4.40. The lowest BCUT2D eigenvalue weighted by Gasteiger charge is -2.14. The van der Waals surface area contributed by atoms with Crippen LogP contribution in [0.25, 0.3) is 11.4 Å². The van der Waals surface area contributed by atoms with E-state index in [0.29, 0.717) is 0 Å². The van der Waals surface area contributed by atoms with Crippen molar-refractivity contribution in [2.75, 3.05) is 31.5 Å². The molecule has 0 atom stereocenters. The Bertz CT molecular complexity index is 520. The first-order valence-electron chi connectivity index (χ1n) is 7.11. The molecule has 0 unspecified atom stereocenters. The van der Waals surface area contributed by atoms with Gasteiger partial charge in [0.25, 0.3) is 0 Å². The molecule has 1 N–H and O–H groups in total. The number of anilines is 1. The Morgan fingerprint density at radius 3 is 2.60 bits per heavy atom. The van der Waals surface area contributed by atoms with Crippen LogP contribution in [0.1, 0.15) is 12.8 Å². The lowest BCUT2D eigenvalue weighted by Crippen LogP contribution is -2.26. The number of rotatable bonds is 5. The first kappa shape index (κ1) is 13.0. The van der Waals surface area contributed by atoms with Crippen LogP contribution in [0.4, 0.5) is 5.82 Å². The van der Waals surface area contributed by atoms with Gasteiger partial charge in [-0.25, -0.2) is 9.97 Å². The van der Waals surface area contributed by atoms with Crippen LogP contribution >= 0.6 is 0 Å². The molecule has 5 heteroatoms. The summed E-state index contributed by atoms with van der Waals surface area (Å²) in [5.41, 5.74) is 1.65. The molecule has 0 aromatic carbocycles. The minimum atomic E-state index is 0.802. The molecule has 0 spiro atoms. The third kappa shape index (κ3) is 3.30. The Kier molecular flexibility index (Phi) is 4.18. The van der Waals surface area contributed by atoms with Crippen molar-refractivity contribution in [3.05, 3.63) is 36.8 Å². The van der Waals surface area contributed by atoms with E-state index in [1.165, 1.54) is 25.9 Å². The fourth-order valence-corrected chi connectivity index (χ4v) is 2.41. The van der Waals surface area contributed by atoms with E-state index in [4.69, 9.17) is 0 Å². The van der Waals surface area contributed by atoms with Gasteiger partial charge in [-0.3, -0.25) is 4.98 Å². The molecule has 2 aromatic heterocycles. The number of likely N-dealkylation sites (tertiary alicyclic amines) is 1. The minimum Gasteiger partial charge on any atom is -0.368 e. The first-order chi connectivity index (χ1) is 9.92. The van der Waals surface area contributed by atoms with Gasteiger partial charge in [-0.15, -0.1) is 0 Å². The molecular weight excluding hydrogens is 250 g/mol. The van der Waals surface area contributed by atoms with E-state index in [9.17, 15) is 0 Å². The van der Waals surface area contributed by atoms with Gasteiger partial charge in [0.15, 0.2) is 0 Å². The third-order valence-electron chi connectivity index (χ3n) is 3.51. The maximum Gasteiger partial charge on any atom is 0.144 e. The van der Waals surface area contributed by atoms with Crippen molar-refractivity contribution in [3.8, 4) is 11.4 Å². The molecule has 0 amide bonds. The minimum absolute atomic E-state index is 0.802. The summed E-state index contributed by atoms with van der Waals surface area (Å²) in [4.78, 5) is 15.5. The van der Waals surface area contributed by atoms with E-state index in [0.717, 1.165) is 30.3 Å². The number of hydrogen-bond donors (Lipinski definition) is 1. The SMILES string of the molecule is c1ccc(-c2cnc(NCCN3CCCC3)cn2)nc1. The summed E-state index contributed by atoms with van der Waals surface area (Å²) in [6.45, 7) is 4.44. The second-order valence-corrected chi connectivity index (χ2v) is 4.98. The van der Waals surface area contributed by atoms with Crippen molar-refractivity contribution in [2.45, 2.75) is 12.8 Å². The first-order valence-corrected chi connectivity index (χ1v) is 7.11. The van der Waals surface area contributed by atoms with Crippen LogP contribution in [0.3, 0.4) is 0 Å². The molecule has 5 nitrogen and oxygen atoms in total. The van der Waals surface area contributed by atoms with E-state index < -0.39 is 0 Å². The summed E-state index contributed by atoms with van der Waals surface area (Å²) in [6.07, 6.45) is 7.96. The van der Waals surface area contributed by atoms with Gasteiger partial charge in [-0.05, 0) is 38.1 Å². The molecule has 1 fully saturated rings. The molecular formula is C15H19N5. The molecule has 1 saturated heterocycles. The molecule has 0 radical (unpaired) electrons. The van der Waals surface area contributed by atoms with Crippen LogP contribution in [-0.4, -0.2) is 46.0 Å². The van der Waals surface area contributed by atoms with E-state index in [-0.39, 0.29) is 0 Å². The van der Waals surface area contributed by atoms with Gasteiger partial charge < -0.3 is 10.2 Å². The maximum atomic E-state index is 4.40. The highest BCUT2D eigenvalue weighted by Crippen LogP contribution is 2.13. The van der Waals surface area contributed by atoms with Gasteiger partial charge in [0.2, 0.25) is 0 Å². The topological polar surface area (TPSA) is 53.9 Å². The monoisotopic (exact) mass is 269 g/mol. The van der Waals surface area contributed by atoms with Crippen LogP contribution in [0.5, 0.6) is 0 Å². The molecule has 20 heavy (non-hydrogen) atoms. The van der Waals surface area contributed by atoms with E-state index in [2.05, 4.69) is 25.2 Å². The zero-order valence-electron chi connectivity index (χ0n) is 11.5. The molecule has 0 aliphatic carbocycles. The average molecular weight is 269 g/mol. The van der Waals surface area contributed by atoms with Crippen LogP contribution in [0, 0.1) is 0 Å². The van der Waals surface area contributed by atoms with Crippen molar-refractivity contribution in [2.24, 2.45) is 0 Å². The summed E-state index contributed by atoms with van der Waals surface area (Å²) in [6, 6.07) is 5.78. The normalized spacial score (nSPS) is 15.4. The van der Waals surface area contributed by atoms with Crippen molar-refractivity contribution in [3.63, 3.8) is 0 Å². The Morgan fingerprint density at radius 2 is 1.90 bits per heavy atom. The summed E-state index contributed by atoms with van der Waals surface area (Å²) in [5, 5.41) is 3.31. The summed E-state index contributed by atoms with van der Waals surface area (Å²) < 4.78 is 0. The zero-order valence-corrected chi connectivity index (χ0v) is 11.5. The van der Waals surface area contributed by atoms with Gasteiger partial charge in [-0.2, -0.15) is 0 Å². The fourth-order valence-electron chi connectivity index (χ4n) is 2.41. The third-order valence-corrected chi connectivity index (χ3v) is 3.51. The fraction of sp³-hybridized carbons (Fsp3) is 0.400. The second kappa shape index (κ2) is 6.43. The molecule has 1 aliphatic rings. The molecule has 3 rings (SSSR count). The molecule has 3 heterocycles. The summed E-state index contributed by atoms with van der Waals surface area (Å²) in [7, 11) is 0. The Labute approximate surface area is 119 Å². The number of pyridine rings is 1. The lowest BCUT2D eigenvalue weighted by atomic mass is 10.3. The Hall–Kier alpha value is -2.01. The van der Waals surface area contributed by atoms with Gasteiger partial charge in [0.05, 0.1) is 18.1 Å². The van der Waals surface area contributed by atoms with Crippen molar-refractivity contribution >= 4 is 5.82 Å². The van der Waals surface area contributed by atoms with Gasteiger partial charge in [0.1, 0.15) is 11.5 Å². The lowest BCUT2D eigenvalue weighted by molar-refractivity contribution is 0.352. The Morgan fingerprint density at radius 1 is 1.00 bits per heavy atom. The molecule has 2 aromatic rings. The van der Waals surface area contributed by atoms with Gasteiger partial charge in [-0.1, -0.05) is 6.07 Å². The van der Waals surface area contributed by atoms with Crippen molar-refractivity contribution < 1.29 is 0 Å². The smallest absolute Gasteiger partial charge is 0.144 e. The van der Waals surface area contributed by atoms with Crippen molar-refractivity contribution in [1.82, 2.24) is 19.9 Å². The standard InChI is InChI=1S/C15H19N5/c1-2-6-16-13(5-1)14-11-19-15(12-18-14)17-7-10-20-8-3-4-9-20/h1-2,5-6,11-12H,3-4,7-10H2,(H,17,19). The number of aromatic nitrogens is 3. The molecule has 1 aliphatic heterocycles. The molecule has 0 bridgehead atoms. The van der Waals surface area contributed by atoms with E-state index in [1.807, 2.05) is 18.2 Å². The van der Waals surface area contributed by atoms with E-state index >= 15 is 0 Å². The van der Waals surface area contributed by atoms with Crippen LogP contribution in [0.2, 0.25) is 0 Å². The van der Waals surface area contributed by atoms with E-state index in [1.54, 1.807) is 18.6 Å². The summed E-state index contributed by atoms with van der Waals surface area (Å²) >= 11 is 0. The second-order valence-electron chi connectivity index (χ2n) is 4.98. The van der Waals surface area contributed by atoms with Crippen molar-refractivity contribution in [1.29, 1.82) is 0 Å². The highest BCUT2D eigenvalue weighted by molar-refractivity contribution is 5.53. The quantitative estimate of drug-likeness (QED) is 0.900. The molecule has 0 saturated carbocycles. The predicted octanol–water partition coefficient (Wildman–Crippen LogP) is 2.05.